The van der Waals surface area contributed by atoms with Crippen LogP contribution < -0.4 is 16.0 Å². The van der Waals surface area contributed by atoms with Crippen molar-refractivity contribution in [3.63, 3.8) is 0 Å². The number of thiocarbonyl (C=S) groups is 1. The number of hydrogen-bond donors (Lipinski definition) is 3. The summed E-state index contributed by atoms with van der Waals surface area (Å²) >= 11 is 23.5. The van der Waals surface area contributed by atoms with Gasteiger partial charge in [0.2, 0.25) is 9.70 Å². The molecule has 156 valence electrons. The van der Waals surface area contributed by atoms with Gasteiger partial charge in [0.1, 0.15) is 6.17 Å². The molecular formula is C21H19Cl3N4OS. The first-order valence-electron chi connectivity index (χ1n) is 9.14. The number of fused-ring (bicyclic) bond motifs is 1. The van der Waals surface area contributed by atoms with E-state index in [4.69, 9.17) is 47.0 Å². The highest BCUT2D eigenvalue weighted by molar-refractivity contribution is 7.80. The SMILES string of the molecule is O=C(CCc1ccccc1)NC(NC(=S)Nc1cccc2cccnc12)C(Cl)(Cl)Cl. The van der Waals surface area contributed by atoms with E-state index in [1.54, 1.807) is 6.20 Å². The summed E-state index contributed by atoms with van der Waals surface area (Å²) in [5.74, 6) is -0.266. The maximum atomic E-state index is 12.4. The maximum Gasteiger partial charge on any atom is 0.228 e. The second-order valence-electron chi connectivity index (χ2n) is 6.51. The smallest absolute Gasteiger partial charge is 0.228 e. The molecule has 1 atom stereocenters. The zero-order chi connectivity index (χ0) is 21.6. The van der Waals surface area contributed by atoms with E-state index >= 15 is 0 Å². The maximum absolute atomic E-state index is 12.4. The first-order chi connectivity index (χ1) is 14.3. The number of para-hydroxylation sites is 1. The lowest BCUT2D eigenvalue weighted by atomic mass is 10.1. The molecule has 0 saturated heterocycles. The number of anilines is 1. The summed E-state index contributed by atoms with van der Waals surface area (Å²) < 4.78 is -1.81. The molecule has 0 aliphatic heterocycles. The summed E-state index contributed by atoms with van der Waals surface area (Å²) in [4.78, 5) is 16.8. The van der Waals surface area contributed by atoms with Crippen molar-refractivity contribution >= 4 is 74.6 Å². The lowest BCUT2D eigenvalue weighted by Crippen LogP contribution is -2.56. The molecule has 30 heavy (non-hydrogen) atoms. The summed E-state index contributed by atoms with van der Waals surface area (Å²) in [6.07, 6.45) is 1.50. The van der Waals surface area contributed by atoms with Gasteiger partial charge >= 0.3 is 0 Å². The number of carbonyl (C=O) groups is 1. The van der Waals surface area contributed by atoms with Gasteiger partial charge in [0.05, 0.1) is 11.2 Å². The van der Waals surface area contributed by atoms with Crippen molar-refractivity contribution in [2.45, 2.75) is 22.8 Å². The monoisotopic (exact) mass is 480 g/mol. The molecule has 0 saturated carbocycles. The van der Waals surface area contributed by atoms with Crippen LogP contribution in [0.2, 0.25) is 0 Å². The molecule has 3 N–H and O–H groups in total. The molecule has 2 aromatic carbocycles. The fourth-order valence-corrected chi connectivity index (χ4v) is 3.39. The van der Waals surface area contributed by atoms with Crippen molar-refractivity contribution in [2.24, 2.45) is 0 Å². The van der Waals surface area contributed by atoms with Crippen LogP contribution in [0.25, 0.3) is 10.9 Å². The summed E-state index contributed by atoms with van der Waals surface area (Å²) in [6.45, 7) is 0. The Kier molecular flexibility index (Phi) is 7.72. The van der Waals surface area contributed by atoms with Crippen LogP contribution in [0.5, 0.6) is 0 Å². The van der Waals surface area contributed by atoms with Crippen LogP contribution in [-0.4, -0.2) is 26.0 Å². The van der Waals surface area contributed by atoms with Gasteiger partial charge < -0.3 is 16.0 Å². The van der Waals surface area contributed by atoms with E-state index in [2.05, 4.69) is 20.9 Å². The van der Waals surface area contributed by atoms with Gasteiger partial charge in [0.15, 0.2) is 5.11 Å². The third-order valence-corrected chi connectivity index (χ3v) is 5.15. The minimum Gasteiger partial charge on any atom is -0.339 e. The third kappa shape index (κ3) is 6.44. The van der Waals surface area contributed by atoms with Crippen molar-refractivity contribution < 1.29 is 4.79 Å². The van der Waals surface area contributed by atoms with E-state index in [1.807, 2.05) is 60.7 Å². The van der Waals surface area contributed by atoms with Gasteiger partial charge in [-0.25, -0.2) is 0 Å². The van der Waals surface area contributed by atoms with Gasteiger partial charge in [-0.3, -0.25) is 9.78 Å². The van der Waals surface area contributed by atoms with Crippen LogP contribution in [0.4, 0.5) is 5.69 Å². The molecular weight excluding hydrogens is 463 g/mol. The predicted molar refractivity (Wildman–Crippen MR) is 128 cm³/mol. The average molecular weight is 482 g/mol. The number of benzene rings is 2. The van der Waals surface area contributed by atoms with Gasteiger partial charge in [-0.2, -0.15) is 0 Å². The fraction of sp³-hybridized carbons (Fsp3) is 0.190. The Morgan fingerprint density at radius 1 is 1.00 bits per heavy atom. The molecule has 0 aliphatic rings. The lowest BCUT2D eigenvalue weighted by Gasteiger charge is -2.28. The molecule has 3 aromatic rings. The van der Waals surface area contributed by atoms with Gasteiger partial charge in [0, 0.05) is 18.0 Å². The summed E-state index contributed by atoms with van der Waals surface area (Å²) in [7, 11) is 0. The van der Waals surface area contributed by atoms with Crippen molar-refractivity contribution in [3.8, 4) is 0 Å². The summed E-state index contributed by atoms with van der Waals surface area (Å²) in [6, 6.07) is 19.1. The van der Waals surface area contributed by atoms with Gasteiger partial charge in [0.25, 0.3) is 0 Å². The molecule has 9 heteroatoms. The van der Waals surface area contributed by atoms with E-state index in [0.717, 1.165) is 16.5 Å². The molecule has 1 unspecified atom stereocenters. The van der Waals surface area contributed by atoms with Crippen LogP contribution in [0, 0.1) is 0 Å². The number of aryl methyl sites for hydroxylation is 1. The Hall–Kier alpha value is -2.12. The van der Waals surface area contributed by atoms with E-state index < -0.39 is 9.96 Å². The minimum atomic E-state index is -1.81. The summed E-state index contributed by atoms with van der Waals surface area (Å²) in [5, 5.41) is 9.75. The number of halogens is 3. The molecule has 0 bridgehead atoms. The minimum absolute atomic E-state index is 0.188. The molecule has 1 aromatic heterocycles. The Morgan fingerprint density at radius 2 is 1.73 bits per heavy atom. The second-order valence-corrected chi connectivity index (χ2v) is 9.28. The average Bonchev–Trinajstić information content (AvgIpc) is 2.72. The first kappa shape index (κ1) is 22.6. The number of amides is 1. The van der Waals surface area contributed by atoms with E-state index in [1.165, 1.54) is 0 Å². The number of carbonyl (C=O) groups excluding carboxylic acids is 1. The molecule has 5 nitrogen and oxygen atoms in total. The third-order valence-electron chi connectivity index (χ3n) is 4.27. The van der Waals surface area contributed by atoms with E-state index in [0.29, 0.717) is 12.1 Å². The number of nitrogens with zero attached hydrogens (tertiary/aromatic N) is 1. The fourth-order valence-electron chi connectivity index (χ4n) is 2.83. The number of aromatic nitrogens is 1. The Morgan fingerprint density at radius 3 is 2.47 bits per heavy atom. The largest absolute Gasteiger partial charge is 0.339 e. The second kappa shape index (κ2) is 10.3. The molecule has 1 heterocycles. The van der Waals surface area contributed by atoms with Crippen LogP contribution in [-0.2, 0) is 11.2 Å². The van der Waals surface area contributed by atoms with Crippen LogP contribution >= 0.6 is 47.0 Å². The zero-order valence-corrected chi connectivity index (χ0v) is 18.8. The van der Waals surface area contributed by atoms with Crippen molar-refractivity contribution in [3.05, 3.63) is 72.4 Å². The topological polar surface area (TPSA) is 66.1 Å². The van der Waals surface area contributed by atoms with Crippen molar-refractivity contribution in [1.82, 2.24) is 15.6 Å². The number of pyridine rings is 1. The molecule has 0 spiro atoms. The van der Waals surface area contributed by atoms with Crippen LogP contribution in [0.3, 0.4) is 0 Å². The molecule has 0 fully saturated rings. The number of rotatable bonds is 6. The lowest BCUT2D eigenvalue weighted by molar-refractivity contribution is -0.121. The number of nitrogens with one attached hydrogen (secondary N) is 3. The number of alkyl halides is 3. The standard InChI is InChI=1S/C21H19Cl3N4OS/c22-21(23,24)19(27-17(29)12-11-14-6-2-1-3-7-14)28-20(30)26-16-10-4-8-15-9-5-13-25-18(15)16/h1-10,13,19H,11-12H2,(H,27,29)(H2,26,28,30). The Bertz CT molecular complexity index is 1020. The van der Waals surface area contributed by atoms with Crippen molar-refractivity contribution in [2.75, 3.05) is 5.32 Å². The van der Waals surface area contributed by atoms with Crippen LogP contribution in [0.15, 0.2) is 66.9 Å². The Balaban J connectivity index is 1.62. The quantitative estimate of drug-likeness (QED) is 0.264. The van der Waals surface area contributed by atoms with E-state index in [9.17, 15) is 4.79 Å². The van der Waals surface area contributed by atoms with Gasteiger partial charge in [-0.15, -0.1) is 0 Å². The zero-order valence-electron chi connectivity index (χ0n) is 15.7. The summed E-state index contributed by atoms with van der Waals surface area (Å²) in [5.41, 5.74) is 2.50. The highest BCUT2D eigenvalue weighted by Gasteiger charge is 2.34. The van der Waals surface area contributed by atoms with Crippen molar-refractivity contribution in [1.29, 1.82) is 0 Å². The van der Waals surface area contributed by atoms with Crippen LogP contribution in [0.1, 0.15) is 12.0 Å². The molecule has 1 amide bonds. The van der Waals surface area contributed by atoms with Gasteiger partial charge in [-0.1, -0.05) is 83.3 Å². The molecule has 0 aliphatic carbocycles. The highest BCUT2D eigenvalue weighted by atomic mass is 35.6. The van der Waals surface area contributed by atoms with Gasteiger partial charge in [-0.05, 0) is 36.3 Å². The number of hydrogen-bond acceptors (Lipinski definition) is 3. The highest BCUT2D eigenvalue weighted by Crippen LogP contribution is 2.29. The van der Waals surface area contributed by atoms with E-state index in [-0.39, 0.29) is 17.4 Å². The Labute approximate surface area is 195 Å². The first-order valence-corrected chi connectivity index (χ1v) is 10.7. The predicted octanol–water partition coefficient (Wildman–Crippen LogP) is 4.97. The normalized spacial score (nSPS) is 12.2. The molecule has 3 rings (SSSR count). The molecule has 0 radical (unpaired) electrons.